The van der Waals surface area contributed by atoms with Crippen molar-refractivity contribution >= 4 is 11.5 Å². The first-order valence-corrected chi connectivity index (χ1v) is 4.74. The van der Waals surface area contributed by atoms with Crippen LogP contribution in [0.3, 0.4) is 0 Å². The minimum atomic E-state index is 0.674. The largest absolute Gasteiger partial charge is 0.326 e. The van der Waals surface area contributed by atoms with Gasteiger partial charge in [-0.3, -0.25) is 0 Å². The second-order valence-corrected chi connectivity index (χ2v) is 3.39. The quantitative estimate of drug-likeness (QED) is 0.741. The van der Waals surface area contributed by atoms with E-state index >= 15 is 0 Å². The topological polar surface area (TPSA) is 53.4 Å². The Labute approximate surface area is 88.1 Å². The highest BCUT2D eigenvalue weighted by Gasteiger charge is 1.93. The number of aromatic nitrogens is 2. The molecular weight excluding hydrogens is 188 g/mol. The van der Waals surface area contributed by atoms with Gasteiger partial charge in [0.1, 0.15) is 5.82 Å². The number of rotatable bonds is 2. The number of aromatic amines is 1. The van der Waals surface area contributed by atoms with Gasteiger partial charge in [-0.05, 0) is 26.0 Å². The van der Waals surface area contributed by atoms with Gasteiger partial charge in [-0.1, -0.05) is 17.7 Å². The van der Waals surface area contributed by atoms with Crippen molar-refractivity contribution in [2.45, 2.75) is 13.8 Å². The van der Waals surface area contributed by atoms with Crippen molar-refractivity contribution in [2.24, 2.45) is 10.2 Å². The molecule has 0 aliphatic heterocycles. The summed E-state index contributed by atoms with van der Waals surface area (Å²) in [5.41, 5.74) is 2.05. The van der Waals surface area contributed by atoms with Crippen molar-refractivity contribution in [2.75, 3.05) is 0 Å². The van der Waals surface area contributed by atoms with Crippen molar-refractivity contribution in [3.05, 3.63) is 41.9 Å². The van der Waals surface area contributed by atoms with Crippen LogP contribution in [0.4, 0.5) is 11.5 Å². The molecule has 1 aromatic heterocycles. The molecule has 15 heavy (non-hydrogen) atoms. The Hall–Kier alpha value is -1.97. The van der Waals surface area contributed by atoms with Crippen molar-refractivity contribution in [1.82, 2.24) is 9.97 Å². The number of benzene rings is 1. The summed E-state index contributed by atoms with van der Waals surface area (Å²) in [7, 11) is 0. The average Bonchev–Trinajstić information content (AvgIpc) is 2.64. The molecule has 1 heterocycles. The van der Waals surface area contributed by atoms with E-state index < -0.39 is 0 Å². The summed E-state index contributed by atoms with van der Waals surface area (Å²) >= 11 is 0. The Morgan fingerprint density at radius 1 is 1.07 bits per heavy atom. The zero-order chi connectivity index (χ0) is 10.7. The zero-order valence-corrected chi connectivity index (χ0v) is 8.73. The predicted octanol–water partition coefficient (Wildman–Crippen LogP) is 3.44. The van der Waals surface area contributed by atoms with Gasteiger partial charge in [0.2, 0.25) is 0 Å². The number of imidazole rings is 1. The van der Waals surface area contributed by atoms with Crippen LogP contribution < -0.4 is 0 Å². The van der Waals surface area contributed by atoms with Crippen LogP contribution in [-0.2, 0) is 0 Å². The van der Waals surface area contributed by atoms with Gasteiger partial charge < -0.3 is 4.98 Å². The standard InChI is InChI=1S/C11H12N4/c1-8-3-5-10(6-4-8)14-15-11-7-12-9(2)13-11/h3-7H,1-2H3,(H,12,13). The van der Waals surface area contributed by atoms with Gasteiger partial charge in [0, 0.05) is 0 Å². The molecule has 0 unspecified atom stereocenters. The van der Waals surface area contributed by atoms with Crippen molar-refractivity contribution < 1.29 is 0 Å². The number of hydrogen-bond acceptors (Lipinski definition) is 3. The van der Waals surface area contributed by atoms with Crippen molar-refractivity contribution in [3.8, 4) is 0 Å². The van der Waals surface area contributed by atoms with E-state index in [4.69, 9.17) is 0 Å². The monoisotopic (exact) mass is 200 g/mol. The van der Waals surface area contributed by atoms with E-state index in [0.717, 1.165) is 11.5 Å². The van der Waals surface area contributed by atoms with E-state index in [1.165, 1.54) is 5.56 Å². The minimum absolute atomic E-state index is 0.674. The van der Waals surface area contributed by atoms with Crippen molar-refractivity contribution in [1.29, 1.82) is 0 Å². The third-order valence-corrected chi connectivity index (χ3v) is 2.00. The molecule has 0 aliphatic rings. The third kappa shape index (κ3) is 2.49. The lowest BCUT2D eigenvalue weighted by atomic mass is 10.2. The summed E-state index contributed by atoms with van der Waals surface area (Å²) in [5, 5.41) is 8.12. The van der Waals surface area contributed by atoms with E-state index in [2.05, 4.69) is 20.2 Å². The molecule has 4 nitrogen and oxygen atoms in total. The summed E-state index contributed by atoms with van der Waals surface area (Å²) in [6.45, 7) is 3.92. The summed E-state index contributed by atoms with van der Waals surface area (Å²) in [6.07, 6.45) is 1.66. The molecule has 0 bridgehead atoms. The van der Waals surface area contributed by atoms with E-state index in [0.29, 0.717) is 5.82 Å². The smallest absolute Gasteiger partial charge is 0.172 e. The number of hydrogen-bond donors (Lipinski definition) is 1. The molecule has 0 saturated heterocycles. The average molecular weight is 200 g/mol. The predicted molar refractivity (Wildman–Crippen MR) is 58.7 cm³/mol. The van der Waals surface area contributed by atoms with E-state index in [-0.39, 0.29) is 0 Å². The fourth-order valence-electron chi connectivity index (χ4n) is 1.18. The lowest BCUT2D eigenvalue weighted by Gasteiger charge is -1.92. The van der Waals surface area contributed by atoms with Crippen LogP contribution in [0.5, 0.6) is 0 Å². The first kappa shape index (κ1) is 9.58. The molecule has 76 valence electrons. The summed E-state index contributed by atoms with van der Waals surface area (Å²) < 4.78 is 0. The number of nitrogens with one attached hydrogen (secondary N) is 1. The Bertz CT molecular complexity index is 468. The maximum Gasteiger partial charge on any atom is 0.172 e. The maximum absolute atomic E-state index is 4.08. The maximum atomic E-state index is 4.08. The van der Waals surface area contributed by atoms with Gasteiger partial charge in [-0.25, -0.2) is 4.98 Å². The molecule has 0 fully saturated rings. The molecule has 0 aliphatic carbocycles. The molecule has 1 aromatic carbocycles. The lowest BCUT2D eigenvalue weighted by molar-refractivity contribution is 1.12. The highest BCUT2D eigenvalue weighted by molar-refractivity contribution is 5.38. The summed E-state index contributed by atoms with van der Waals surface area (Å²) in [6, 6.07) is 7.88. The number of azo groups is 1. The molecule has 0 spiro atoms. The van der Waals surface area contributed by atoms with E-state index in [1.54, 1.807) is 6.20 Å². The SMILES string of the molecule is Cc1ccc(N=Nc2cnc(C)[nH]2)cc1. The number of aryl methyl sites for hydroxylation is 2. The molecular formula is C11H12N4. The van der Waals surface area contributed by atoms with Crippen LogP contribution in [0.15, 0.2) is 40.7 Å². The van der Waals surface area contributed by atoms with E-state index in [1.807, 2.05) is 38.1 Å². The molecule has 4 heteroatoms. The van der Waals surface area contributed by atoms with Crippen LogP contribution in [0.25, 0.3) is 0 Å². The van der Waals surface area contributed by atoms with Crippen molar-refractivity contribution in [3.63, 3.8) is 0 Å². The Morgan fingerprint density at radius 2 is 1.80 bits per heavy atom. The molecule has 0 amide bonds. The fraction of sp³-hybridized carbons (Fsp3) is 0.182. The lowest BCUT2D eigenvalue weighted by Crippen LogP contribution is -1.69. The van der Waals surface area contributed by atoms with Crippen LogP contribution in [0, 0.1) is 13.8 Å². The Morgan fingerprint density at radius 3 is 2.40 bits per heavy atom. The first-order chi connectivity index (χ1) is 7.24. The van der Waals surface area contributed by atoms with Crippen LogP contribution in [0.1, 0.15) is 11.4 Å². The molecule has 2 aromatic rings. The number of H-pyrrole nitrogens is 1. The van der Waals surface area contributed by atoms with Gasteiger partial charge in [0.05, 0.1) is 11.9 Å². The normalized spacial score (nSPS) is 11.1. The number of nitrogens with zero attached hydrogens (tertiary/aromatic N) is 3. The Kier molecular flexibility index (Phi) is 2.58. The first-order valence-electron chi connectivity index (χ1n) is 4.74. The fourth-order valence-corrected chi connectivity index (χ4v) is 1.18. The Balaban J connectivity index is 2.14. The molecule has 0 radical (unpaired) electrons. The second kappa shape index (κ2) is 4.04. The highest BCUT2D eigenvalue weighted by atomic mass is 15.2. The third-order valence-electron chi connectivity index (χ3n) is 2.00. The van der Waals surface area contributed by atoms with Gasteiger partial charge in [0.25, 0.3) is 0 Å². The summed E-state index contributed by atoms with van der Waals surface area (Å²) in [4.78, 5) is 7.02. The summed E-state index contributed by atoms with van der Waals surface area (Å²) in [5.74, 6) is 1.51. The van der Waals surface area contributed by atoms with Crippen LogP contribution >= 0.6 is 0 Å². The van der Waals surface area contributed by atoms with Gasteiger partial charge in [-0.15, -0.1) is 10.2 Å². The van der Waals surface area contributed by atoms with Gasteiger partial charge in [0.15, 0.2) is 5.82 Å². The zero-order valence-electron chi connectivity index (χ0n) is 8.73. The van der Waals surface area contributed by atoms with Gasteiger partial charge in [-0.2, -0.15) is 0 Å². The van der Waals surface area contributed by atoms with Crippen LogP contribution in [0.2, 0.25) is 0 Å². The van der Waals surface area contributed by atoms with E-state index in [9.17, 15) is 0 Å². The minimum Gasteiger partial charge on any atom is -0.326 e. The van der Waals surface area contributed by atoms with Gasteiger partial charge >= 0.3 is 0 Å². The van der Waals surface area contributed by atoms with Crippen LogP contribution in [-0.4, -0.2) is 9.97 Å². The molecule has 0 saturated carbocycles. The molecule has 1 N–H and O–H groups in total. The second-order valence-electron chi connectivity index (χ2n) is 3.39. The highest BCUT2D eigenvalue weighted by Crippen LogP contribution is 2.16. The molecule has 0 atom stereocenters. The molecule has 2 rings (SSSR count).